The Bertz CT molecular complexity index is 519. The SMILES string of the molecule is C[C@H]1COCCN1c1cc(C(CCO)S(=O)[O-])nc(Cl)n1. The van der Waals surface area contributed by atoms with Crippen LogP contribution >= 0.6 is 11.6 Å². The molecule has 2 heterocycles. The van der Waals surface area contributed by atoms with Gasteiger partial charge in [0, 0.05) is 19.2 Å². The lowest BCUT2D eigenvalue weighted by atomic mass is 10.2. The lowest BCUT2D eigenvalue weighted by Crippen LogP contribution is -2.44. The summed E-state index contributed by atoms with van der Waals surface area (Å²) in [6.45, 7) is 3.55. The Kier molecular flexibility index (Phi) is 5.88. The summed E-state index contributed by atoms with van der Waals surface area (Å²) in [4.78, 5) is 10.2. The summed E-state index contributed by atoms with van der Waals surface area (Å²) in [6, 6.07) is 1.73. The quantitative estimate of drug-likeness (QED) is 0.623. The van der Waals surface area contributed by atoms with Crippen LogP contribution in [0.4, 0.5) is 5.82 Å². The minimum Gasteiger partial charge on any atom is -0.772 e. The fourth-order valence-electron chi connectivity index (χ4n) is 2.26. The van der Waals surface area contributed by atoms with Gasteiger partial charge in [0.25, 0.3) is 0 Å². The van der Waals surface area contributed by atoms with E-state index in [4.69, 9.17) is 21.4 Å². The smallest absolute Gasteiger partial charge is 0.224 e. The van der Waals surface area contributed by atoms with E-state index in [1.807, 2.05) is 11.8 Å². The number of aliphatic hydroxyl groups excluding tert-OH is 1. The third-order valence-corrected chi connectivity index (χ3v) is 4.43. The molecule has 1 saturated heterocycles. The molecule has 1 aliphatic heterocycles. The normalized spacial score (nSPS) is 22.1. The second-order valence-corrected chi connectivity index (χ2v) is 6.23. The van der Waals surface area contributed by atoms with Crippen LogP contribution < -0.4 is 4.90 Å². The van der Waals surface area contributed by atoms with Crippen molar-refractivity contribution in [1.82, 2.24) is 9.97 Å². The van der Waals surface area contributed by atoms with Gasteiger partial charge in [-0.3, -0.25) is 4.21 Å². The monoisotopic (exact) mass is 334 g/mol. The molecule has 0 aromatic carbocycles. The molecule has 1 N–H and O–H groups in total. The molecule has 1 aromatic heterocycles. The van der Waals surface area contributed by atoms with Gasteiger partial charge in [0.2, 0.25) is 5.28 Å². The number of aromatic nitrogens is 2. The van der Waals surface area contributed by atoms with Crippen LogP contribution in [-0.2, 0) is 15.8 Å². The van der Waals surface area contributed by atoms with Crippen molar-refractivity contribution in [2.45, 2.75) is 24.6 Å². The second-order valence-electron chi connectivity index (χ2n) is 4.80. The Hall–Kier alpha value is -0.800. The fourth-order valence-corrected chi connectivity index (χ4v) is 3.06. The van der Waals surface area contributed by atoms with Gasteiger partial charge in [-0.25, -0.2) is 9.97 Å². The van der Waals surface area contributed by atoms with Crippen LogP contribution in [0.5, 0.6) is 0 Å². The lowest BCUT2D eigenvalue weighted by molar-refractivity contribution is 0.0985. The molecule has 7 nitrogen and oxygen atoms in total. The van der Waals surface area contributed by atoms with Crippen molar-refractivity contribution in [3.05, 3.63) is 17.0 Å². The average Bonchev–Trinajstić information content (AvgIpc) is 2.44. The van der Waals surface area contributed by atoms with Gasteiger partial charge in [-0.15, -0.1) is 0 Å². The standard InChI is InChI=1S/C12H18ClN3O4S/c1-8-7-20-5-3-16(8)11-6-9(14-12(13)15-11)10(2-4-17)21(18)19/h6,8,10,17H,2-5,7H2,1H3,(H,18,19)/p-1/t8-,10?/m0/s1. The number of anilines is 1. The summed E-state index contributed by atoms with van der Waals surface area (Å²) in [5, 5.41) is 8.10. The number of rotatable bonds is 5. The van der Waals surface area contributed by atoms with E-state index < -0.39 is 16.3 Å². The number of morpholine rings is 1. The van der Waals surface area contributed by atoms with E-state index in [0.29, 0.717) is 31.3 Å². The molecule has 0 aliphatic carbocycles. The van der Waals surface area contributed by atoms with Gasteiger partial charge in [-0.1, -0.05) is 0 Å². The van der Waals surface area contributed by atoms with Gasteiger partial charge in [-0.05, 0) is 36.0 Å². The van der Waals surface area contributed by atoms with Crippen molar-refractivity contribution in [3.63, 3.8) is 0 Å². The first-order valence-electron chi connectivity index (χ1n) is 6.60. The van der Waals surface area contributed by atoms with Crippen LogP contribution in [-0.4, -0.2) is 56.2 Å². The number of ether oxygens (including phenoxy) is 1. The number of nitrogens with zero attached hydrogens (tertiary/aromatic N) is 3. The van der Waals surface area contributed by atoms with Crippen LogP contribution in [0.2, 0.25) is 5.28 Å². The van der Waals surface area contributed by atoms with Gasteiger partial charge in [0.15, 0.2) is 0 Å². The summed E-state index contributed by atoms with van der Waals surface area (Å²) in [6.07, 6.45) is 0.0710. The molecule has 0 saturated carbocycles. The maximum Gasteiger partial charge on any atom is 0.224 e. The van der Waals surface area contributed by atoms with Crippen molar-refractivity contribution in [1.29, 1.82) is 0 Å². The Balaban J connectivity index is 2.33. The maximum absolute atomic E-state index is 11.3. The Labute approximate surface area is 130 Å². The third-order valence-electron chi connectivity index (χ3n) is 3.32. The third kappa shape index (κ3) is 4.10. The van der Waals surface area contributed by atoms with Gasteiger partial charge < -0.3 is 19.3 Å². The molecule has 0 radical (unpaired) electrons. The summed E-state index contributed by atoms with van der Waals surface area (Å²) < 4.78 is 28.0. The number of aliphatic hydroxyl groups is 1. The highest BCUT2D eigenvalue weighted by atomic mass is 35.5. The highest BCUT2D eigenvalue weighted by Gasteiger charge is 2.23. The summed E-state index contributed by atoms with van der Waals surface area (Å²) >= 11 is 3.54. The predicted molar refractivity (Wildman–Crippen MR) is 78.0 cm³/mol. The molecule has 1 fully saturated rings. The molecule has 21 heavy (non-hydrogen) atoms. The van der Waals surface area contributed by atoms with E-state index in [9.17, 15) is 8.76 Å². The first-order chi connectivity index (χ1) is 10.0. The van der Waals surface area contributed by atoms with E-state index in [2.05, 4.69) is 9.97 Å². The molecule has 3 atom stereocenters. The maximum atomic E-state index is 11.3. The predicted octanol–water partition coefficient (Wildman–Crippen LogP) is 0.658. The molecular formula is C12H17ClN3O4S-. The Morgan fingerprint density at radius 1 is 1.67 bits per heavy atom. The second kappa shape index (κ2) is 7.46. The fraction of sp³-hybridized carbons (Fsp3) is 0.667. The molecule has 1 aromatic rings. The molecule has 0 amide bonds. The zero-order valence-electron chi connectivity index (χ0n) is 11.6. The zero-order valence-corrected chi connectivity index (χ0v) is 13.1. The van der Waals surface area contributed by atoms with Crippen molar-refractivity contribution in [2.24, 2.45) is 0 Å². The Morgan fingerprint density at radius 3 is 3.05 bits per heavy atom. The van der Waals surface area contributed by atoms with Crippen LogP contribution in [0, 0.1) is 0 Å². The molecule has 0 bridgehead atoms. The highest BCUT2D eigenvalue weighted by molar-refractivity contribution is 7.79. The summed E-state index contributed by atoms with van der Waals surface area (Å²) in [7, 11) is 0. The highest BCUT2D eigenvalue weighted by Crippen LogP contribution is 2.26. The molecular weight excluding hydrogens is 318 g/mol. The van der Waals surface area contributed by atoms with E-state index in [1.54, 1.807) is 6.07 Å². The molecule has 2 unspecified atom stereocenters. The molecule has 2 rings (SSSR count). The first kappa shape index (κ1) is 16.6. The topological polar surface area (TPSA) is 98.6 Å². The minimum atomic E-state index is -2.39. The van der Waals surface area contributed by atoms with Crippen LogP contribution in [0.3, 0.4) is 0 Å². The van der Waals surface area contributed by atoms with E-state index in [1.165, 1.54) is 0 Å². The van der Waals surface area contributed by atoms with Crippen molar-refractivity contribution < 1.29 is 18.6 Å². The zero-order chi connectivity index (χ0) is 15.4. The van der Waals surface area contributed by atoms with Gasteiger partial charge >= 0.3 is 0 Å². The van der Waals surface area contributed by atoms with E-state index >= 15 is 0 Å². The van der Waals surface area contributed by atoms with Crippen molar-refractivity contribution in [2.75, 3.05) is 31.3 Å². The number of halogens is 1. The summed E-state index contributed by atoms with van der Waals surface area (Å²) in [5.74, 6) is 0.578. The largest absolute Gasteiger partial charge is 0.772 e. The van der Waals surface area contributed by atoms with Crippen molar-refractivity contribution in [3.8, 4) is 0 Å². The van der Waals surface area contributed by atoms with Crippen LogP contribution in [0.1, 0.15) is 24.3 Å². The number of hydrogen-bond donors (Lipinski definition) is 1. The molecule has 0 spiro atoms. The van der Waals surface area contributed by atoms with Crippen LogP contribution in [0.25, 0.3) is 0 Å². The lowest BCUT2D eigenvalue weighted by Gasteiger charge is -2.34. The number of hydrogen-bond acceptors (Lipinski definition) is 7. The van der Waals surface area contributed by atoms with Gasteiger partial charge in [0.1, 0.15) is 5.82 Å². The molecule has 118 valence electrons. The summed E-state index contributed by atoms with van der Waals surface area (Å²) in [5.41, 5.74) is 0.297. The molecule has 1 aliphatic rings. The van der Waals surface area contributed by atoms with E-state index in [0.717, 1.165) is 0 Å². The van der Waals surface area contributed by atoms with Gasteiger partial charge in [-0.2, -0.15) is 0 Å². The van der Waals surface area contributed by atoms with E-state index in [-0.39, 0.29) is 24.4 Å². The van der Waals surface area contributed by atoms with Crippen molar-refractivity contribution >= 4 is 28.5 Å². The average molecular weight is 335 g/mol. The van der Waals surface area contributed by atoms with Crippen LogP contribution in [0.15, 0.2) is 6.07 Å². The molecule has 9 heteroatoms. The first-order valence-corrected chi connectivity index (χ1v) is 8.12. The minimum absolute atomic E-state index is 0.00502. The van der Waals surface area contributed by atoms with Gasteiger partial charge in [0.05, 0.1) is 30.2 Å². The Morgan fingerprint density at radius 2 is 2.43 bits per heavy atom.